The molecule has 0 bridgehead atoms. The van der Waals surface area contributed by atoms with Crippen LogP contribution in [-0.4, -0.2) is 53.0 Å². The van der Waals surface area contributed by atoms with Crippen LogP contribution in [0.4, 0.5) is 4.79 Å². The van der Waals surface area contributed by atoms with E-state index >= 15 is 0 Å². The molecule has 0 radical (unpaired) electrons. The summed E-state index contributed by atoms with van der Waals surface area (Å²) in [5.74, 6) is 0.719. The molecule has 1 atom stereocenters. The fraction of sp³-hybridized carbons (Fsp3) is 0.667. The van der Waals surface area contributed by atoms with Crippen molar-refractivity contribution in [3.63, 3.8) is 0 Å². The summed E-state index contributed by atoms with van der Waals surface area (Å²) in [6, 6.07) is 5.55. The highest BCUT2D eigenvalue weighted by atomic mass is 16.6. The molecule has 1 aliphatic heterocycles. The Balaban J connectivity index is 1.84. The number of piperidine rings is 1. The smallest absolute Gasteiger partial charge is 0.410 e. The lowest BCUT2D eigenvalue weighted by molar-refractivity contribution is 0.00787. The molecule has 1 aromatic rings. The first-order valence-electron chi connectivity index (χ1n) is 8.44. The molecule has 0 aromatic carbocycles. The van der Waals surface area contributed by atoms with E-state index in [1.54, 1.807) is 18.1 Å². The summed E-state index contributed by atoms with van der Waals surface area (Å²) in [4.78, 5) is 18.1. The lowest BCUT2D eigenvalue weighted by Crippen LogP contribution is -2.44. The van der Waals surface area contributed by atoms with Crippen molar-refractivity contribution >= 4 is 6.09 Å². The molecule has 1 saturated heterocycles. The third-order valence-corrected chi connectivity index (χ3v) is 4.14. The predicted molar refractivity (Wildman–Crippen MR) is 91.0 cm³/mol. The third-order valence-electron chi connectivity index (χ3n) is 4.14. The fourth-order valence-electron chi connectivity index (χ4n) is 2.86. The third kappa shape index (κ3) is 5.37. The van der Waals surface area contributed by atoms with Crippen LogP contribution in [0.15, 0.2) is 18.2 Å². The Morgan fingerprint density at radius 3 is 2.62 bits per heavy atom. The molecule has 6 nitrogen and oxygen atoms in total. The van der Waals surface area contributed by atoms with Gasteiger partial charge in [-0.15, -0.1) is 0 Å². The Hall–Kier alpha value is -1.82. The van der Waals surface area contributed by atoms with Crippen molar-refractivity contribution in [1.82, 2.24) is 9.88 Å². The summed E-state index contributed by atoms with van der Waals surface area (Å²) in [6.07, 6.45) is 1.29. The van der Waals surface area contributed by atoms with Gasteiger partial charge in [0.15, 0.2) is 0 Å². The van der Waals surface area contributed by atoms with Gasteiger partial charge in [-0.3, -0.25) is 0 Å². The van der Waals surface area contributed by atoms with E-state index in [0.717, 1.165) is 18.5 Å². The number of hydrogen-bond donors (Lipinski definition) is 1. The fourth-order valence-corrected chi connectivity index (χ4v) is 2.86. The molecule has 1 amide bonds. The number of carbonyl (C=O) groups excluding carboxylic acids is 1. The molecule has 0 spiro atoms. The number of nitrogens with zero attached hydrogens (tertiary/aromatic N) is 2. The molecule has 0 aliphatic carbocycles. The zero-order chi connectivity index (χ0) is 17.7. The maximum Gasteiger partial charge on any atom is 0.410 e. The lowest BCUT2D eigenvalue weighted by atomic mass is 9.89. The topological polar surface area (TPSA) is 71.9 Å². The minimum Gasteiger partial charge on any atom is -0.481 e. The minimum atomic E-state index is -0.481. The number of carbonyl (C=O) groups is 1. The van der Waals surface area contributed by atoms with Crippen LogP contribution < -0.4 is 4.74 Å². The highest BCUT2D eigenvalue weighted by molar-refractivity contribution is 5.68. The number of methoxy groups -OCH3 is 1. The van der Waals surface area contributed by atoms with E-state index in [1.807, 2.05) is 32.9 Å². The van der Waals surface area contributed by atoms with Crippen molar-refractivity contribution in [3.05, 3.63) is 23.9 Å². The molecule has 1 N–H and O–H groups in total. The first-order chi connectivity index (χ1) is 11.3. The number of ether oxygens (including phenoxy) is 2. The Labute approximate surface area is 143 Å². The van der Waals surface area contributed by atoms with Gasteiger partial charge in [0.1, 0.15) is 5.60 Å². The van der Waals surface area contributed by atoms with E-state index < -0.39 is 11.7 Å². The van der Waals surface area contributed by atoms with E-state index in [0.29, 0.717) is 25.4 Å². The van der Waals surface area contributed by atoms with Gasteiger partial charge in [-0.25, -0.2) is 9.78 Å². The van der Waals surface area contributed by atoms with Crippen LogP contribution in [0.2, 0.25) is 0 Å². The summed E-state index contributed by atoms with van der Waals surface area (Å²) < 4.78 is 10.5. The largest absolute Gasteiger partial charge is 0.481 e. The first kappa shape index (κ1) is 18.5. The van der Waals surface area contributed by atoms with Crippen molar-refractivity contribution in [3.8, 4) is 5.88 Å². The Kier molecular flexibility index (Phi) is 6.04. The SMILES string of the molecule is COc1cccc(CC(O)C2CCN(C(=O)OC(C)(C)C)CC2)n1. The van der Waals surface area contributed by atoms with E-state index in [4.69, 9.17) is 9.47 Å². The number of likely N-dealkylation sites (tertiary alicyclic amines) is 1. The second-order valence-electron chi connectivity index (χ2n) is 7.25. The van der Waals surface area contributed by atoms with E-state index in [9.17, 15) is 9.90 Å². The van der Waals surface area contributed by atoms with Gasteiger partial charge >= 0.3 is 6.09 Å². The zero-order valence-corrected chi connectivity index (χ0v) is 15.0. The summed E-state index contributed by atoms with van der Waals surface area (Å²) in [7, 11) is 1.58. The van der Waals surface area contributed by atoms with Gasteiger partial charge in [0.05, 0.1) is 13.2 Å². The van der Waals surface area contributed by atoms with Gasteiger partial charge in [-0.05, 0) is 45.6 Å². The molecular weight excluding hydrogens is 308 g/mol. The van der Waals surface area contributed by atoms with Crippen LogP contribution in [0.1, 0.15) is 39.3 Å². The summed E-state index contributed by atoms with van der Waals surface area (Å²) in [5, 5.41) is 10.5. The van der Waals surface area contributed by atoms with Crippen molar-refractivity contribution in [1.29, 1.82) is 0 Å². The Morgan fingerprint density at radius 2 is 2.04 bits per heavy atom. The quantitative estimate of drug-likeness (QED) is 0.915. The maximum absolute atomic E-state index is 12.1. The Bertz CT molecular complexity index is 548. The molecule has 2 heterocycles. The van der Waals surface area contributed by atoms with Gasteiger partial charge in [0.2, 0.25) is 5.88 Å². The van der Waals surface area contributed by atoms with Crippen LogP contribution in [0.25, 0.3) is 0 Å². The van der Waals surface area contributed by atoms with Crippen molar-refractivity contribution in [2.75, 3.05) is 20.2 Å². The molecule has 1 aliphatic rings. The summed E-state index contributed by atoms with van der Waals surface area (Å²) >= 11 is 0. The van der Waals surface area contributed by atoms with E-state index in [1.165, 1.54) is 0 Å². The number of aliphatic hydroxyl groups is 1. The van der Waals surface area contributed by atoms with Gasteiger partial charge in [0, 0.05) is 31.3 Å². The maximum atomic E-state index is 12.1. The average Bonchev–Trinajstić information content (AvgIpc) is 2.53. The first-order valence-corrected chi connectivity index (χ1v) is 8.44. The van der Waals surface area contributed by atoms with Crippen molar-refractivity contribution in [2.24, 2.45) is 5.92 Å². The number of aromatic nitrogens is 1. The second kappa shape index (κ2) is 7.83. The molecular formula is C18H28N2O4. The minimum absolute atomic E-state index is 0.164. The van der Waals surface area contributed by atoms with Gasteiger partial charge in [0.25, 0.3) is 0 Å². The summed E-state index contributed by atoms with van der Waals surface area (Å²) in [5.41, 5.74) is 0.335. The standard InChI is InChI=1S/C18H28N2O4/c1-18(2,3)24-17(22)20-10-8-13(9-11-20)15(21)12-14-6-5-7-16(19-14)23-4/h5-7,13,15,21H,8-12H2,1-4H3. The molecule has 0 saturated carbocycles. The molecule has 1 unspecified atom stereocenters. The van der Waals surface area contributed by atoms with Crippen LogP contribution in [-0.2, 0) is 11.2 Å². The summed E-state index contributed by atoms with van der Waals surface area (Å²) in [6.45, 7) is 6.82. The number of pyridine rings is 1. The molecule has 134 valence electrons. The van der Waals surface area contributed by atoms with Gasteiger partial charge < -0.3 is 19.5 Å². The number of aliphatic hydroxyl groups excluding tert-OH is 1. The molecule has 1 aromatic heterocycles. The zero-order valence-electron chi connectivity index (χ0n) is 15.0. The highest BCUT2D eigenvalue weighted by Gasteiger charge is 2.30. The van der Waals surface area contributed by atoms with Crippen LogP contribution in [0.3, 0.4) is 0 Å². The van der Waals surface area contributed by atoms with Crippen molar-refractivity contribution < 1.29 is 19.4 Å². The molecule has 1 fully saturated rings. The van der Waals surface area contributed by atoms with Gasteiger partial charge in [-0.1, -0.05) is 6.07 Å². The van der Waals surface area contributed by atoms with Crippen LogP contribution in [0.5, 0.6) is 5.88 Å². The van der Waals surface area contributed by atoms with Crippen molar-refractivity contribution in [2.45, 2.75) is 51.7 Å². The molecule has 6 heteroatoms. The molecule has 2 rings (SSSR count). The predicted octanol–water partition coefficient (Wildman–Crippen LogP) is 2.64. The lowest BCUT2D eigenvalue weighted by Gasteiger charge is -2.35. The van der Waals surface area contributed by atoms with E-state index in [2.05, 4.69) is 4.98 Å². The number of rotatable bonds is 4. The number of amides is 1. The van der Waals surface area contributed by atoms with E-state index in [-0.39, 0.29) is 12.0 Å². The molecule has 24 heavy (non-hydrogen) atoms. The van der Waals surface area contributed by atoms with Gasteiger partial charge in [-0.2, -0.15) is 0 Å². The highest BCUT2D eigenvalue weighted by Crippen LogP contribution is 2.24. The van der Waals surface area contributed by atoms with Crippen LogP contribution >= 0.6 is 0 Å². The van der Waals surface area contributed by atoms with Crippen LogP contribution in [0, 0.1) is 5.92 Å². The Morgan fingerprint density at radius 1 is 1.38 bits per heavy atom. The monoisotopic (exact) mass is 336 g/mol. The average molecular weight is 336 g/mol. The number of hydrogen-bond acceptors (Lipinski definition) is 5. The second-order valence-corrected chi connectivity index (χ2v) is 7.25. The normalized spacial score (nSPS) is 17.5.